The van der Waals surface area contributed by atoms with Gasteiger partial charge in [0.2, 0.25) is 5.91 Å². The van der Waals surface area contributed by atoms with Gasteiger partial charge in [0.15, 0.2) is 0 Å². The number of esters is 1. The first-order valence-electron chi connectivity index (χ1n) is 39.1. The third-order valence-electron chi connectivity index (χ3n) is 18.0. The van der Waals surface area contributed by atoms with Crippen LogP contribution in [0.25, 0.3) is 0 Å². The zero-order chi connectivity index (χ0) is 62.8. The van der Waals surface area contributed by atoms with E-state index in [4.69, 9.17) is 4.74 Å². The van der Waals surface area contributed by atoms with E-state index in [1.165, 1.54) is 334 Å². The first kappa shape index (κ1) is 84.6. The molecule has 6 nitrogen and oxygen atoms in total. The Bertz CT molecular complexity index is 1500. The number of carbonyl (C=O) groups excluding carboxylic acids is 2. The molecule has 2 atom stereocenters. The Morgan fingerprint density at radius 1 is 0.322 bits per heavy atom. The van der Waals surface area contributed by atoms with Gasteiger partial charge < -0.3 is 20.3 Å². The van der Waals surface area contributed by atoms with E-state index in [0.29, 0.717) is 19.4 Å². The fourth-order valence-electron chi connectivity index (χ4n) is 12.0. The second kappa shape index (κ2) is 76.0. The fourth-order valence-corrected chi connectivity index (χ4v) is 12.0. The predicted molar refractivity (Wildman–Crippen MR) is 384 cm³/mol. The molecule has 510 valence electrons. The molecule has 0 radical (unpaired) electrons. The van der Waals surface area contributed by atoms with Crippen LogP contribution in [0.2, 0.25) is 0 Å². The van der Waals surface area contributed by atoms with Crippen LogP contribution in [-0.4, -0.2) is 47.4 Å². The molecule has 1 amide bonds. The summed E-state index contributed by atoms with van der Waals surface area (Å²) in [4.78, 5) is 24.6. The summed E-state index contributed by atoms with van der Waals surface area (Å²) in [5.41, 5.74) is 0. The first-order valence-corrected chi connectivity index (χ1v) is 39.1. The minimum atomic E-state index is -0.846. The Kier molecular flexibility index (Phi) is 73.9. The van der Waals surface area contributed by atoms with Crippen LogP contribution in [0.15, 0.2) is 60.8 Å². The zero-order valence-electron chi connectivity index (χ0n) is 58.5. The second-order valence-corrected chi connectivity index (χ2v) is 26.7. The van der Waals surface area contributed by atoms with Crippen molar-refractivity contribution < 1.29 is 24.5 Å². The van der Waals surface area contributed by atoms with Crippen molar-refractivity contribution in [3.8, 4) is 0 Å². The van der Waals surface area contributed by atoms with Crippen LogP contribution >= 0.6 is 0 Å². The highest BCUT2D eigenvalue weighted by atomic mass is 16.5. The third-order valence-corrected chi connectivity index (χ3v) is 18.0. The van der Waals surface area contributed by atoms with Crippen molar-refractivity contribution in [2.75, 3.05) is 13.2 Å². The van der Waals surface area contributed by atoms with Gasteiger partial charge in [0.1, 0.15) is 0 Å². The Morgan fingerprint density at radius 3 is 0.908 bits per heavy atom. The number of nitrogens with one attached hydrogen (secondary N) is 1. The number of hydrogen-bond acceptors (Lipinski definition) is 5. The summed E-state index contributed by atoms with van der Waals surface area (Å²) in [6.45, 7) is 4.89. The van der Waals surface area contributed by atoms with Gasteiger partial charge in [0.05, 0.1) is 25.4 Å². The largest absolute Gasteiger partial charge is 0.466 e. The van der Waals surface area contributed by atoms with E-state index in [0.717, 1.165) is 57.8 Å². The molecular formula is C81H151NO5. The summed E-state index contributed by atoms with van der Waals surface area (Å²) < 4.78 is 5.48. The lowest BCUT2D eigenvalue weighted by molar-refractivity contribution is -0.143. The standard InChI is InChI=1S/C81H151NO5/c1-3-5-7-9-11-13-15-17-19-20-21-22-34-37-40-43-46-49-53-57-61-65-69-73-79(84)78(77-83)82-80(85)74-70-66-62-58-54-50-47-44-41-38-35-32-30-28-26-24-23-25-27-29-31-33-36-39-42-45-48-52-56-60-64-68-72-76-87-81(86)75-71-67-63-59-55-51-18-16-14-12-10-8-6-4-2/h10,12,16,18,27,29,33,36,69,73,78-79,83-84H,3-9,11,13-15,17,19-26,28,30-32,34-35,37-68,70-72,74-77H2,1-2H3,(H,82,85)/b12-10-,18-16-,29-27-,36-33-,73-69+. The summed E-state index contributed by atoms with van der Waals surface area (Å²) in [5, 5.41) is 23.3. The number of amides is 1. The molecule has 0 bridgehead atoms. The third kappa shape index (κ3) is 72.5. The molecule has 0 aromatic carbocycles. The smallest absolute Gasteiger partial charge is 0.305 e. The zero-order valence-corrected chi connectivity index (χ0v) is 58.5. The molecule has 0 fully saturated rings. The van der Waals surface area contributed by atoms with E-state index in [1.54, 1.807) is 6.08 Å². The summed E-state index contributed by atoms with van der Waals surface area (Å²) >= 11 is 0. The highest BCUT2D eigenvalue weighted by Crippen LogP contribution is 2.19. The molecule has 0 heterocycles. The maximum Gasteiger partial charge on any atom is 0.305 e. The molecule has 0 saturated heterocycles. The van der Waals surface area contributed by atoms with Crippen LogP contribution in [0.1, 0.15) is 418 Å². The van der Waals surface area contributed by atoms with Gasteiger partial charge in [-0.25, -0.2) is 0 Å². The minimum Gasteiger partial charge on any atom is -0.466 e. The van der Waals surface area contributed by atoms with E-state index in [9.17, 15) is 19.8 Å². The van der Waals surface area contributed by atoms with Crippen LogP contribution in [-0.2, 0) is 14.3 Å². The van der Waals surface area contributed by atoms with Crippen LogP contribution in [0.5, 0.6) is 0 Å². The van der Waals surface area contributed by atoms with Gasteiger partial charge in [0, 0.05) is 12.8 Å². The van der Waals surface area contributed by atoms with Gasteiger partial charge in [-0.2, -0.15) is 0 Å². The lowest BCUT2D eigenvalue weighted by Crippen LogP contribution is -2.45. The van der Waals surface area contributed by atoms with Gasteiger partial charge in [-0.05, 0) is 89.9 Å². The number of hydrogen-bond donors (Lipinski definition) is 3. The van der Waals surface area contributed by atoms with E-state index < -0.39 is 12.1 Å². The fraction of sp³-hybridized carbons (Fsp3) is 0.852. The lowest BCUT2D eigenvalue weighted by Gasteiger charge is -2.20. The summed E-state index contributed by atoms with van der Waals surface area (Å²) in [5.74, 6) is -0.0628. The van der Waals surface area contributed by atoms with Crippen molar-refractivity contribution >= 4 is 11.9 Å². The number of ether oxygens (including phenoxy) is 1. The monoisotopic (exact) mass is 1220 g/mol. The molecule has 2 unspecified atom stereocenters. The average molecular weight is 1220 g/mol. The Labute approximate surface area is 543 Å². The highest BCUT2D eigenvalue weighted by molar-refractivity contribution is 5.76. The molecule has 0 aliphatic carbocycles. The molecular weight excluding hydrogens is 1070 g/mol. The number of rotatable bonds is 73. The first-order chi connectivity index (χ1) is 43.0. The summed E-state index contributed by atoms with van der Waals surface area (Å²) in [6, 6.07) is -0.629. The van der Waals surface area contributed by atoms with Gasteiger partial charge in [0.25, 0.3) is 0 Å². The predicted octanol–water partition coefficient (Wildman–Crippen LogP) is 25.8. The molecule has 3 N–H and O–H groups in total. The van der Waals surface area contributed by atoms with Crippen molar-refractivity contribution in [1.29, 1.82) is 0 Å². The minimum absolute atomic E-state index is 0.000655. The van der Waals surface area contributed by atoms with E-state index in [2.05, 4.69) is 67.8 Å². The lowest BCUT2D eigenvalue weighted by atomic mass is 10.0. The molecule has 0 aliphatic rings. The molecule has 87 heavy (non-hydrogen) atoms. The van der Waals surface area contributed by atoms with Crippen LogP contribution in [0, 0.1) is 0 Å². The van der Waals surface area contributed by atoms with Crippen molar-refractivity contribution in [1.82, 2.24) is 5.32 Å². The van der Waals surface area contributed by atoms with Crippen molar-refractivity contribution in [2.24, 2.45) is 0 Å². The molecule has 0 aliphatic heterocycles. The highest BCUT2D eigenvalue weighted by Gasteiger charge is 2.18. The molecule has 0 rings (SSSR count). The van der Waals surface area contributed by atoms with Crippen molar-refractivity contribution in [3.05, 3.63) is 60.8 Å². The molecule has 6 heteroatoms. The molecule has 0 spiro atoms. The summed E-state index contributed by atoms with van der Waals surface area (Å²) in [6.07, 6.45) is 102. The normalized spacial score (nSPS) is 12.8. The van der Waals surface area contributed by atoms with E-state index in [1.807, 2.05) is 6.08 Å². The number of aliphatic hydroxyl groups is 2. The maximum absolute atomic E-state index is 12.5. The van der Waals surface area contributed by atoms with Crippen LogP contribution in [0.4, 0.5) is 0 Å². The SMILES string of the molecule is CCCC/C=C\C/C=C\CCCCCCCC(=O)OCCCCCCCCCCC/C=C\C/C=C\CCCCCCCCCCCCCCCCCCCC(=O)NC(CO)C(O)/C=C/CCCCCCCCCCCCCCCCCCCCCCC. The number of carbonyl (C=O) groups is 2. The number of aliphatic hydroxyl groups excluding tert-OH is 2. The summed E-state index contributed by atoms with van der Waals surface area (Å²) in [7, 11) is 0. The molecule has 0 aromatic rings. The Balaban J connectivity index is 3.41. The average Bonchev–Trinajstić information content (AvgIpc) is 3.52. The van der Waals surface area contributed by atoms with E-state index >= 15 is 0 Å². The van der Waals surface area contributed by atoms with Crippen molar-refractivity contribution in [2.45, 2.75) is 431 Å². The second-order valence-electron chi connectivity index (χ2n) is 26.7. The van der Waals surface area contributed by atoms with E-state index in [-0.39, 0.29) is 18.5 Å². The Hall–Kier alpha value is -2.44. The van der Waals surface area contributed by atoms with Crippen LogP contribution in [0.3, 0.4) is 0 Å². The number of allylic oxidation sites excluding steroid dienone is 9. The maximum atomic E-state index is 12.5. The van der Waals surface area contributed by atoms with Crippen LogP contribution < -0.4 is 5.32 Å². The number of unbranched alkanes of at least 4 members (excludes halogenated alkanes) is 54. The molecule has 0 saturated carbocycles. The molecule has 0 aromatic heterocycles. The quantitative estimate of drug-likeness (QED) is 0.0320. The van der Waals surface area contributed by atoms with Gasteiger partial charge in [-0.15, -0.1) is 0 Å². The van der Waals surface area contributed by atoms with Gasteiger partial charge in [-0.3, -0.25) is 9.59 Å². The Morgan fingerprint density at radius 2 is 0.586 bits per heavy atom. The topological polar surface area (TPSA) is 95.9 Å². The van der Waals surface area contributed by atoms with Crippen molar-refractivity contribution in [3.63, 3.8) is 0 Å². The van der Waals surface area contributed by atoms with Gasteiger partial charge >= 0.3 is 5.97 Å². The van der Waals surface area contributed by atoms with Gasteiger partial charge in [-0.1, -0.05) is 376 Å².